The molecular formula is C34H33N5O6. The molecular weight excluding hydrogens is 574 g/mol. The topological polar surface area (TPSA) is 142 Å². The van der Waals surface area contributed by atoms with E-state index in [1.54, 1.807) is 0 Å². The number of imide groups is 1. The van der Waals surface area contributed by atoms with Crippen molar-refractivity contribution in [2.45, 2.75) is 69.2 Å². The van der Waals surface area contributed by atoms with E-state index in [1.165, 1.54) is 0 Å². The summed E-state index contributed by atoms with van der Waals surface area (Å²) in [5, 5.41) is 8.77. The molecule has 1 aliphatic carbocycles. The monoisotopic (exact) mass is 607 g/mol. The molecule has 1 saturated heterocycles. The molecule has 4 aliphatic rings. The Balaban J connectivity index is 1.17. The van der Waals surface area contributed by atoms with Crippen molar-refractivity contribution < 1.29 is 28.6 Å². The molecule has 230 valence electrons. The van der Waals surface area contributed by atoms with Gasteiger partial charge in [0.15, 0.2) is 6.29 Å². The van der Waals surface area contributed by atoms with E-state index in [9.17, 15) is 14.4 Å². The minimum absolute atomic E-state index is 0.0289. The number of ether oxygens (including phenoxy) is 3. The molecule has 0 spiro atoms. The van der Waals surface area contributed by atoms with Crippen LogP contribution in [0.5, 0.6) is 0 Å². The van der Waals surface area contributed by atoms with Crippen LogP contribution in [0.2, 0.25) is 0 Å². The van der Waals surface area contributed by atoms with Crippen molar-refractivity contribution in [2.24, 2.45) is 5.73 Å². The third-order valence-electron chi connectivity index (χ3n) is 9.89. The molecule has 5 atom stereocenters. The first-order valence-corrected chi connectivity index (χ1v) is 15.5. The Bertz CT molecular complexity index is 2160. The zero-order chi connectivity index (χ0) is 31.0. The number of carbonyl (C=O) groups excluding carboxylic acids is 3. The van der Waals surface area contributed by atoms with Crippen molar-refractivity contribution >= 4 is 61.5 Å². The molecule has 2 aromatic heterocycles. The van der Waals surface area contributed by atoms with Gasteiger partial charge in [0, 0.05) is 45.2 Å². The van der Waals surface area contributed by atoms with E-state index in [1.807, 2.05) is 57.2 Å². The number of hydrogen-bond donors (Lipinski definition) is 3. The van der Waals surface area contributed by atoms with Gasteiger partial charge in [-0.1, -0.05) is 36.4 Å². The van der Waals surface area contributed by atoms with Crippen LogP contribution in [0.3, 0.4) is 0 Å². The molecule has 11 nitrogen and oxygen atoms in total. The fraction of sp³-hybridized carbons (Fsp3) is 0.382. The summed E-state index contributed by atoms with van der Waals surface area (Å²) >= 11 is 0. The van der Waals surface area contributed by atoms with Gasteiger partial charge in [-0.25, -0.2) is 4.79 Å². The number of nitrogens with one attached hydrogen (secondary N) is 2. The van der Waals surface area contributed by atoms with Crippen LogP contribution in [0.15, 0.2) is 48.5 Å². The number of epoxide rings is 1. The van der Waals surface area contributed by atoms with E-state index < -0.39 is 23.5 Å². The van der Waals surface area contributed by atoms with Crippen molar-refractivity contribution in [2.75, 3.05) is 13.2 Å². The van der Waals surface area contributed by atoms with Gasteiger partial charge in [0.1, 0.15) is 11.7 Å². The molecule has 0 radical (unpaired) electrons. The number of alkyl carbamates (subject to hydrolysis) is 1. The molecule has 3 unspecified atom stereocenters. The summed E-state index contributed by atoms with van der Waals surface area (Å²) in [6, 6.07) is 16.0. The highest BCUT2D eigenvalue weighted by Crippen LogP contribution is 2.58. The van der Waals surface area contributed by atoms with E-state index in [-0.39, 0.29) is 43.2 Å². The summed E-state index contributed by atoms with van der Waals surface area (Å²) < 4.78 is 22.1. The van der Waals surface area contributed by atoms with Crippen LogP contribution in [0.1, 0.15) is 66.4 Å². The number of fused-ring (bicyclic) bond motifs is 13. The van der Waals surface area contributed by atoms with Crippen LogP contribution in [0.25, 0.3) is 43.6 Å². The van der Waals surface area contributed by atoms with Crippen LogP contribution < -0.4 is 16.4 Å². The molecule has 5 aromatic rings. The van der Waals surface area contributed by atoms with Crippen LogP contribution in [0.4, 0.5) is 4.79 Å². The van der Waals surface area contributed by atoms with E-state index in [0.29, 0.717) is 17.5 Å². The highest BCUT2D eigenvalue weighted by Gasteiger charge is 2.63. The molecule has 2 bridgehead atoms. The van der Waals surface area contributed by atoms with Crippen molar-refractivity contribution in [3.8, 4) is 0 Å². The van der Waals surface area contributed by atoms with E-state index in [0.717, 1.165) is 50.0 Å². The summed E-state index contributed by atoms with van der Waals surface area (Å²) in [6.45, 7) is 5.98. The Morgan fingerprint density at radius 1 is 1.00 bits per heavy atom. The number of benzene rings is 3. The number of para-hydroxylation sites is 2. The second-order valence-corrected chi connectivity index (χ2v) is 13.7. The van der Waals surface area contributed by atoms with Crippen LogP contribution in [-0.2, 0) is 14.2 Å². The maximum atomic E-state index is 13.5. The van der Waals surface area contributed by atoms with Crippen molar-refractivity contribution in [1.29, 1.82) is 0 Å². The van der Waals surface area contributed by atoms with E-state index in [4.69, 9.17) is 19.9 Å². The Morgan fingerprint density at radius 3 is 2.24 bits per heavy atom. The standard InChI is InChI=1S/C34H33N5O6/c1-33(2,3)45-32(42)36-12-13-43-31-28(44-31)34(35)15-16-14-21(34)39-20-11-7-5-9-18(20)23-25-24(29(40)37-30(25)41)22-17-8-4-6-10-19(17)38(16)26(22)27(23)39/h4-11,16,21,28,31H,12-15,35H2,1-3H3,(H,36,42)(H,37,40,41)/t16-,21?,28?,31?,34-/m0/s1. The molecule has 45 heavy (non-hydrogen) atoms. The predicted molar refractivity (Wildman–Crippen MR) is 167 cm³/mol. The fourth-order valence-electron chi connectivity index (χ4n) is 8.33. The lowest BCUT2D eigenvalue weighted by Gasteiger charge is -2.33. The lowest BCUT2D eigenvalue weighted by atomic mass is 9.89. The highest BCUT2D eigenvalue weighted by atomic mass is 16.8. The predicted octanol–water partition coefficient (Wildman–Crippen LogP) is 4.64. The maximum Gasteiger partial charge on any atom is 0.407 e. The van der Waals surface area contributed by atoms with Crippen molar-refractivity contribution in [3.63, 3.8) is 0 Å². The zero-order valence-electron chi connectivity index (χ0n) is 25.2. The SMILES string of the molecule is CC(C)(C)OC(=O)NCCOC1OC1[C@]1(N)C[C@@H]2CC1n1c3ccccc3c3c4c(c5c6ccccc6n2c5c31)C(=O)NC4=O. The van der Waals surface area contributed by atoms with Crippen molar-refractivity contribution in [3.05, 3.63) is 59.7 Å². The molecule has 11 heteroatoms. The lowest BCUT2D eigenvalue weighted by Crippen LogP contribution is -2.51. The van der Waals surface area contributed by atoms with Gasteiger partial charge >= 0.3 is 6.09 Å². The first kappa shape index (κ1) is 26.9. The summed E-state index contributed by atoms with van der Waals surface area (Å²) in [5.74, 6) is -0.726. The minimum atomic E-state index is -0.783. The summed E-state index contributed by atoms with van der Waals surface area (Å²) in [4.78, 5) is 38.9. The molecule has 1 saturated carbocycles. The first-order chi connectivity index (χ1) is 21.6. The number of nitrogens with two attached hydrogens (primary N) is 1. The number of aromatic nitrogens is 2. The van der Waals surface area contributed by atoms with Gasteiger partial charge in [-0.3, -0.25) is 14.9 Å². The van der Waals surface area contributed by atoms with Crippen LogP contribution in [0, 0.1) is 0 Å². The number of amides is 3. The zero-order valence-corrected chi connectivity index (χ0v) is 25.2. The average molecular weight is 608 g/mol. The summed E-state index contributed by atoms with van der Waals surface area (Å²) in [6.07, 6.45) is 0.0393. The lowest BCUT2D eigenvalue weighted by molar-refractivity contribution is 0.0381. The normalized spacial score (nSPS) is 26.7. The first-order valence-electron chi connectivity index (χ1n) is 15.5. The molecule has 9 rings (SSSR count). The van der Waals surface area contributed by atoms with E-state index >= 15 is 0 Å². The van der Waals surface area contributed by atoms with Gasteiger partial charge in [0.05, 0.1) is 40.3 Å². The quantitative estimate of drug-likeness (QED) is 0.150. The Kier molecular flexibility index (Phi) is 5.28. The average Bonchev–Trinajstić information content (AvgIpc) is 3.34. The molecule has 3 aliphatic heterocycles. The summed E-state index contributed by atoms with van der Waals surface area (Å²) in [5.41, 5.74) is 10.9. The molecule has 4 N–H and O–H groups in total. The number of rotatable bonds is 5. The Labute approximate surface area is 257 Å². The molecule has 2 fully saturated rings. The largest absolute Gasteiger partial charge is 0.444 e. The molecule has 5 heterocycles. The second-order valence-electron chi connectivity index (χ2n) is 13.7. The van der Waals surface area contributed by atoms with Gasteiger partial charge in [-0.15, -0.1) is 0 Å². The van der Waals surface area contributed by atoms with Gasteiger partial charge < -0.3 is 34.4 Å². The van der Waals surface area contributed by atoms with Crippen molar-refractivity contribution in [1.82, 2.24) is 19.8 Å². The van der Waals surface area contributed by atoms with Crippen LogP contribution >= 0.6 is 0 Å². The number of nitrogens with zero attached hydrogens (tertiary/aromatic N) is 2. The van der Waals surface area contributed by atoms with Gasteiger partial charge in [0.25, 0.3) is 11.8 Å². The van der Waals surface area contributed by atoms with Crippen LogP contribution in [-0.4, -0.2) is 63.7 Å². The smallest absolute Gasteiger partial charge is 0.407 e. The number of hydrogen-bond acceptors (Lipinski definition) is 7. The van der Waals surface area contributed by atoms with Gasteiger partial charge in [-0.05, 0) is 45.7 Å². The van der Waals surface area contributed by atoms with Gasteiger partial charge in [-0.2, -0.15) is 0 Å². The number of carbonyl (C=O) groups is 3. The molecule has 3 aromatic carbocycles. The van der Waals surface area contributed by atoms with Gasteiger partial charge in [0.2, 0.25) is 0 Å². The van der Waals surface area contributed by atoms with E-state index in [2.05, 4.69) is 31.9 Å². The summed E-state index contributed by atoms with van der Waals surface area (Å²) in [7, 11) is 0. The third-order valence-corrected chi connectivity index (χ3v) is 9.89. The minimum Gasteiger partial charge on any atom is -0.444 e. The fourth-order valence-corrected chi connectivity index (χ4v) is 8.33. The molecule has 3 amide bonds. The second kappa shape index (κ2) is 8.84. The maximum absolute atomic E-state index is 13.5. The highest BCUT2D eigenvalue weighted by molar-refractivity contribution is 6.39. The Hall–Kier alpha value is -4.45. The Morgan fingerprint density at radius 2 is 1.60 bits per heavy atom. The third kappa shape index (κ3) is 3.59.